The number of carbonyl (C=O) groups excluding carboxylic acids is 2. The molecule has 2 aromatic heterocycles. The van der Waals surface area contributed by atoms with E-state index < -0.39 is 5.97 Å². The fourth-order valence-corrected chi connectivity index (χ4v) is 5.70. The van der Waals surface area contributed by atoms with Gasteiger partial charge in [-0.25, -0.2) is 4.79 Å². The Bertz CT molecular complexity index is 1470. The topological polar surface area (TPSA) is 86.1 Å². The van der Waals surface area contributed by atoms with Crippen molar-refractivity contribution in [3.8, 4) is 22.5 Å². The number of thiophene rings is 1. The lowest BCUT2D eigenvalue weighted by atomic mass is 9.97. The number of aryl methyl sites for hydroxylation is 3. The maximum atomic E-state index is 13.0. The molecule has 7 nitrogen and oxygen atoms in total. The third kappa shape index (κ3) is 5.68. The van der Waals surface area contributed by atoms with Crippen LogP contribution in [0.4, 0.5) is 5.00 Å². The summed E-state index contributed by atoms with van der Waals surface area (Å²) in [5.74, 6) is 0.0783. The van der Waals surface area contributed by atoms with Gasteiger partial charge in [0.25, 0.3) is 0 Å². The molecule has 9 heteroatoms. The summed E-state index contributed by atoms with van der Waals surface area (Å²) in [7, 11) is 1.34. The molecule has 0 fully saturated rings. The number of thioether (sulfide) groups is 1. The number of carbonyl (C=O) groups is 2. The Hall–Kier alpha value is -3.69. The summed E-state index contributed by atoms with van der Waals surface area (Å²) in [5, 5.41) is 14.6. The van der Waals surface area contributed by atoms with Crippen LogP contribution in [-0.4, -0.2) is 39.5 Å². The van der Waals surface area contributed by atoms with Gasteiger partial charge in [-0.3, -0.25) is 9.36 Å². The zero-order chi connectivity index (χ0) is 26.5. The molecule has 4 aromatic rings. The molecule has 0 atom stereocenters. The van der Waals surface area contributed by atoms with Gasteiger partial charge in [0.1, 0.15) is 10.6 Å². The number of rotatable bonds is 9. The first kappa shape index (κ1) is 26.4. The fourth-order valence-electron chi connectivity index (χ4n) is 3.98. The Morgan fingerprint density at radius 3 is 2.57 bits per heavy atom. The van der Waals surface area contributed by atoms with Crippen molar-refractivity contribution in [3.63, 3.8) is 0 Å². The minimum atomic E-state index is -0.492. The molecule has 4 rings (SSSR count). The second-order valence-corrected chi connectivity index (χ2v) is 10.3. The Labute approximate surface area is 224 Å². The van der Waals surface area contributed by atoms with Crippen LogP contribution in [0, 0.1) is 20.8 Å². The maximum absolute atomic E-state index is 13.0. The molecule has 2 heterocycles. The van der Waals surface area contributed by atoms with Gasteiger partial charge in [0, 0.05) is 23.1 Å². The molecular weight excluding hydrogens is 504 g/mol. The Morgan fingerprint density at radius 1 is 1.08 bits per heavy atom. The first-order valence-electron chi connectivity index (χ1n) is 11.6. The van der Waals surface area contributed by atoms with Crippen molar-refractivity contribution in [3.05, 3.63) is 82.8 Å². The number of hydrogen-bond acceptors (Lipinski definition) is 7. The molecule has 0 aliphatic heterocycles. The van der Waals surface area contributed by atoms with Crippen LogP contribution in [0.5, 0.6) is 0 Å². The lowest BCUT2D eigenvalue weighted by Crippen LogP contribution is -2.16. The molecule has 0 radical (unpaired) electrons. The minimum Gasteiger partial charge on any atom is -0.465 e. The van der Waals surface area contributed by atoms with Gasteiger partial charge in [-0.15, -0.1) is 28.1 Å². The molecule has 1 amide bonds. The first-order chi connectivity index (χ1) is 17.8. The molecule has 0 saturated carbocycles. The molecule has 0 bridgehead atoms. The summed E-state index contributed by atoms with van der Waals surface area (Å²) in [4.78, 5) is 25.7. The first-order valence-corrected chi connectivity index (χ1v) is 13.5. The number of methoxy groups -OCH3 is 1. The van der Waals surface area contributed by atoms with E-state index in [4.69, 9.17) is 4.74 Å². The molecule has 2 aromatic carbocycles. The summed E-state index contributed by atoms with van der Waals surface area (Å²) < 4.78 is 7.00. The average molecular weight is 533 g/mol. The molecule has 37 heavy (non-hydrogen) atoms. The summed E-state index contributed by atoms with van der Waals surface area (Å²) in [6, 6.07) is 14.0. The molecule has 0 unspecified atom stereocenters. The molecule has 1 N–H and O–H groups in total. The number of nitrogens with zero attached hydrogens (tertiary/aromatic N) is 3. The monoisotopic (exact) mass is 532 g/mol. The van der Waals surface area contributed by atoms with E-state index in [9.17, 15) is 9.59 Å². The predicted molar refractivity (Wildman–Crippen MR) is 150 cm³/mol. The van der Waals surface area contributed by atoms with Crippen molar-refractivity contribution < 1.29 is 14.3 Å². The van der Waals surface area contributed by atoms with Gasteiger partial charge in [-0.2, -0.15) is 0 Å². The van der Waals surface area contributed by atoms with Crippen molar-refractivity contribution in [2.45, 2.75) is 32.5 Å². The predicted octanol–water partition coefficient (Wildman–Crippen LogP) is 6.30. The highest BCUT2D eigenvalue weighted by molar-refractivity contribution is 7.99. The zero-order valence-electron chi connectivity index (χ0n) is 21.2. The van der Waals surface area contributed by atoms with E-state index in [0.29, 0.717) is 22.3 Å². The molecule has 0 aliphatic carbocycles. The maximum Gasteiger partial charge on any atom is 0.341 e. The average Bonchev–Trinajstić information content (AvgIpc) is 3.48. The van der Waals surface area contributed by atoms with Gasteiger partial charge in [0.15, 0.2) is 11.0 Å². The highest BCUT2D eigenvalue weighted by atomic mass is 32.2. The number of allylic oxidation sites excluding steroid dienone is 1. The van der Waals surface area contributed by atoms with Crippen molar-refractivity contribution in [1.29, 1.82) is 0 Å². The van der Waals surface area contributed by atoms with Gasteiger partial charge in [-0.05, 0) is 37.5 Å². The number of aromatic nitrogens is 3. The lowest BCUT2D eigenvalue weighted by molar-refractivity contribution is -0.113. The van der Waals surface area contributed by atoms with Crippen molar-refractivity contribution in [1.82, 2.24) is 14.8 Å². The van der Waals surface area contributed by atoms with Crippen LogP contribution < -0.4 is 5.32 Å². The number of benzene rings is 2. The fraction of sp³-hybridized carbons (Fsp3) is 0.214. The van der Waals surface area contributed by atoms with Crippen LogP contribution >= 0.6 is 23.1 Å². The Balaban J connectivity index is 1.56. The highest BCUT2D eigenvalue weighted by Gasteiger charge is 2.24. The zero-order valence-corrected chi connectivity index (χ0v) is 22.8. The molecule has 0 saturated heterocycles. The van der Waals surface area contributed by atoms with Crippen LogP contribution in [0.25, 0.3) is 22.5 Å². The van der Waals surface area contributed by atoms with Gasteiger partial charge < -0.3 is 10.1 Å². The van der Waals surface area contributed by atoms with Gasteiger partial charge in [0.2, 0.25) is 5.91 Å². The van der Waals surface area contributed by atoms with E-state index in [0.717, 1.165) is 39.2 Å². The van der Waals surface area contributed by atoms with E-state index in [2.05, 4.69) is 22.1 Å². The summed E-state index contributed by atoms with van der Waals surface area (Å²) >= 11 is 2.59. The minimum absolute atomic E-state index is 0.0976. The lowest BCUT2D eigenvalue weighted by Gasteiger charge is -2.11. The van der Waals surface area contributed by atoms with Crippen LogP contribution in [0.2, 0.25) is 0 Å². The molecular formula is C28H28N4O3S2. The van der Waals surface area contributed by atoms with Crippen LogP contribution in [0.1, 0.15) is 27.0 Å². The molecule has 0 spiro atoms. The van der Waals surface area contributed by atoms with Crippen molar-refractivity contribution in [2.75, 3.05) is 18.2 Å². The number of anilines is 1. The third-order valence-electron chi connectivity index (χ3n) is 5.86. The van der Waals surface area contributed by atoms with E-state index in [1.54, 1.807) is 6.08 Å². The van der Waals surface area contributed by atoms with Crippen molar-refractivity contribution in [2.24, 2.45) is 0 Å². The largest absolute Gasteiger partial charge is 0.465 e. The highest BCUT2D eigenvalue weighted by Crippen LogP contribution is 2.38. The third-order valence-corrected chi connectivity index (χ3v) is 7.73. The number of nitrogens with one attached hydrogen (secondary N) is 1. The number of hydrogen-bond donors (Lipinski definition) is 1. The molecule has 190 valence electrons. The second kappa shape index (κ2) is 11.6. The number of amides is 1. The van der Waals surface area contributed by atoms with Gasteiger partial charge >= 0.3 is 5.97 Å². The van der Waals surface area contributed by atoms with Crippen LogP contribution in [0.15, 0.2) is 65.7 Å². The van der Waals surface area contributed by atoms with Crippen molar-refractivity contribution >= 4 is 40.0 Å². The number of ether oxygens (including phenoxy) is 1. The standard InChI is InChI=1S/C28H28N4O3S2/c1-6-13-32-25(20-10-8-7-9-18(20)3)30-31-28(32)37-16-23(33)29-26-24(27(34)35-5)22(15-36-26)21-14-17(2)11-12-19(21)4/h6-12,14-15H,1,13,16H2,2-5H3,(H,29,33). The van der Waals surface area contributed by atoms with Gasteiger partial charge in [0.05, 0.1) is 12.9 Å². The van der Waals surface area contributed by atoms with E-state index in [1.807, 2.05) is 73.2 Å². The number of esters is 1. The summed E-state index contributed by atoms with van der Waals surface area (Å²) in [5.41, 5.74) is 6.22. The van der Waals surface area contributed by atoms with Gasteiger partial charge in [-0.1, -0.05) is 65.9 Å². The van der Waals surface area contributed by atoms with E-state index in [1.165, 1.54) is 30.2 Å². The second-order valence-electron chi connectivity index (χ2n) is 8.52. The summed E-state index contributed by atoms with van der Waals surface area (Å²) in [6.07, 6.45) is 1.78. The van der Waals surface area contributed by atoms with Crippen LogP contribution in [-0.2, 0) is 16.1 Å². The Morgan fingerprint density at radius 2 is 1.84 bits per heavy atom. The van der Waals surface area contributed by atoms with E-state index >= 15 is 0 Å². The smallest absolute Gasteiger partial charge is 0.341 e. The van der Waals surface area contributed by atoms with Crippen LogP contribution in [0.3, 0.4) is 0 Å². The summed E-state index contributed by atoms with van der Waals surface area (Å²) in [6.45, 7) is 10.4. The quantitative estimate of drug-likeness (QED) is 0.155. The Kier molecular flexibility index (Phi) is 8.25. The van der Waals surface area contributed by atoms with E-state index in [-0.39, 0.29) is 11.7 Å². The normalized spacial score (nSPS) is 10.8. The SMILES string of the molecule is C=CCn1c(SCC(=O)Nc2scc(-c3cc(C)ccc3C)c2C(=O)OC)nnc1-c1ccccc1C. The molecule has 0 aliphatic rings.